The summed E-state index contributed by atoms with van der Waals surface area (Å²) in [5, 5.41) is 13.7. The number of nitrogens with zero attached hydrogens (tertiary/aromatic N) is 1. The van der Waals surface area contributed by atoms with Gasteiger partial charge in [-0.1, -0.05) is 13.0 Å². The summed E-state index contributed by atoms with van der Waals surface area (Å²) >= 11 is 1.71. The summed E-state index contributed by atoms with van der Waals surface area (Å²) in [6.07, 6.45) is 0.884. The van der Waals surface area contributed by atoms with E-state index < -0.39 is 0 Å². The normalized spacial score (nSPS) is 10.8. The highest BCUT2D eigenvalue weighted by Gasteiger charge is 2.07. The van der Waals surface area contributed by atoms with Crippen molar-refractivity contribution in [2.24, 2.45) is 0 Å². The van der Waals surface area contributed by atoms with Crippen molar-refractivity contribution in [1.82, 2.24) is 10.2 Å². The van der Waals surface area contributed by atoms with E-state index in [1.165, 1.54) is 4.88 Å². The van der Waals surface area contributed by atoms with E-state index in [9.17, 15) is 4.79 Å². The Morgan fingerprint density at radius 2 is 2.41 bits per heavy atom. The van der Waals surface area contributed by atoms with Crippen LogP contribution in [0.4, 0.5) is 0 Å². The van der Waals surface area contributed by atoms with Crippen molar-refractivity contribution in [2.45, 2.75) is 13.3 Å². The number of nitrogens with one attached hydrogen (secondary N) is 1. The molecule has 0 unspecified atom stereocenters. The second-order valence-electron chi connectivity index (χ2n) is 3.77. The molecule has 0 fully saturated rings. The molecular formula is C12H20N2O2S. The van der Waals surface area contributed by atoms with Gasteiger partial charge in [-0.15, -0.1) is 11.3 Å². The Morgan fingerprint density at radius 1 is 1.59 bits per heavy atom. The van der Waals surface area contributed by atoms with Crippen LogP contribution in [0.25, 0.3) is 0 Å². The Balaban J connectivity index is 2.16. The van der Waals surface area contributed by atoms with E-state index in [-0.39, 0.29) is 12.5 Å². The van der Waals surface area contributed by atoms with Crippen molar-refractivity contribution in [2.75, 3.05) is 32.8 Å². The van der Waals surface area contributed by atoms with Crippen LogP contribution in [-0.2, 0) is 11.2 Å². The second kappa shape index (κ2) is 8.22. The number of hydrogen-bond donors (Lipinski definition) is 2. The van der Waals surface area contributed by atoms with Gasteiger partial charge in [-0.05, 0) is 24.4 Å². The summed E-state index contributed by atoms with van der Waals surface area (Å²) in [6, 6.07) is 4.09. The van der Waals surface area contributed by atoms with Gasteiger partial charge in [0.25, 0.3) is 0 Å². The molecule has 1 amide bonds. The molecule has 0 aromatic carbocycles. The highest BCUT2D eigenvalue weighted by Crippen LogP contribution is 2.07. The number of rotatable bonds is 8. The fraction of sp³-hybridized carbons (Fsp3) is 0.583. The molecule has 1 aromatic rings. The maximum atomic E-state index is 11.6. The molecule has 0 saturated heterocycles. The standard InChI is InChI=1S/C12H20N2O2S/c1-2-14(7-8-15)10-12(16)13-6-5-11-4-3-9-17-11/h3-4,9,15H,2,5-8,10H2,1H3,(H,13,16). The van der Waals surface area contributed by atoms with Crippen LogP contribution in [0.3, 0.4) is 0 Å². The third-order valence-corrected chi connectivity index (χ3v) is 3.44. The first-order valence-corrected chi connectivity index (χ1v) is 6.76. The number of thiophene rings is 1. The van der Waals surface area contributed by atoms with Gasteiger partial charge in [0.15, 0.2) is 0 Å². The fourth-order valence-electron chi connectivity index (χ4n) is 1.53. The van der Waals surface area contributed by atoms with Gasteiger partial charge < -0.3 is 10.4 Å². The number of hydrogen-bond acceptors (Lipinski definition) is 4. The molecule has 1 rings (SSSR count). The Bertz CT molecular complexity index is 314. The van der Waals surface area contributed by atoms with Gasteiger partial charge in [0.2, 0.25) is 5.91 Å². The topological polar surface area (TPSA) is 52.6 Å². The van der Waals surface area contributed by atoms with Crippen molar-refractivity contribution >= 4 is 17.2 Å². The lowest BCUT2D eigenvalue weighted by Gasteiger charge is -2.18. The number of carbonyl (C=O) groups is 1. The van der Waals surface area contributed by atoms with Crippen LogP contribution in [-0.4, -0.2) is 48.7 Å². The van der Waals surface area contributed by atoms with Crippen LogP contribution in [0.2, 0.25) is 0 Å². The maximum absolute atomic E-state index is 11.6. The SMILES string of the molecule is CCN(CCO)CC(=O)NCCc1cccs1. The predicted molar refractivity (Wildman–Crippen MR) is 70.2 cm³/mol. The van der Waals surface area contributed by atoms with E-state index in [4.69, 9.17) is 5.11 Å². The van der Waals surface area contributed by atoms with E-state index in [1.54, 1.807) is 11.3 Å². The Labute approximate surface area is 106 Å². The van der Waals surface area contributed by atoms with E-state index >= 15 is 0 Å². The Hall–Kier alpha value is -0.910. The van der Waals surface area contributed by atoms with Crippen LogP contribution in [0, 0.1) is 0 Å². The van der Waals surface area contributed by atoms with Crippen LogP contribution in [0.1, 0.15) is 11.8 Å². The zero-order chi connectivity index (χ0) is 12.5. The molecular weight excluding hydrogens is 236 g/mol. The molecule has 1 heterocycles. The van der Waals surface area contributed by atoms with Gasteiger partial charge in [-0.2, -0.15) is 0 Å². The summed E-state index contributed by atoms with van der Waals surface area (Å²) in [6.45, 7) is 4.44. The molecule has 5 heteroatoms. The summed E-state index contributed by atoms with van der Waals surface area (Å²) < 4.78 is 0. The zero-order valence-electron chi connectivity index (χ0n) is 10.2. The number of likely N-dealkylation sites (N-methyl/N-ethyl adjacent to an activating group) is 1. The number of carbonyl (C=O) groups excluding carboxylic acids is 1. The number of aliphatic hydroxyl groups is 1. The fourth-order valence-corrected chi connectivity index (χ4v) is 2.24. The van der Waals surface area contributed by atoms with Crippen molar-refractivity contribution in [3.05, 3.63) is 22.4 Å². The largest absolute Gasteiger partial charge is 0.395 e. The minimum absolute atomic E-state index is 0.0249. The molecule has 0 aliphatic rings. The molecule has 0 bridgehead atoms. The highest BCUT2D eigenvalue weighted by atomic mass is 32.1. The quantitative estimate of drug-likeness (QED) is 0.720. The summed E-state index contributed by atoms with van der Waals surface area (Å²) in [5.41, 5.74) is 0. The van der Waals surface area contributed by atoms with E-state index in [2.05, 4.69) is 11.4 Å². The van der Waals surface area contributed by atoms with E-state index in [1.807, 2.05) is 23.3 Å². The van der Waals surface area contributed by atoms with Crippen molar-refractivity contribution in [1.29, 1.82) is 0 Å². The van der Waals surface area contributed by atoms with Gasteiger partial charge in [0, 0.05) is 18.0 Å². The zero-order valence-corrected chi connectivity index (χ0v) is 11.0. The molecule has 1 aromatic heterocycles. The lowest BCUT2D eigenvalue weighted by Crippen LogP contribution is -2.39. The molecule has 0 aliphatic carbocycles. The minimum Gasteiger partial charge on any atom is -0.395 e. The highest BCUT2D eigenvalue weighted by molar-refractivity contribution is 7.09. The predicted octanol–water partition coefficient (Wildman–Crippen LogP) is 0.721. The summed E-state index contributed by atoms with van der Waals surface area (Å²) in [5.74, 6) is 0.0249. The molecule has 0 radical (unpaired) electrons. The van der Waals surface area contributed by atoms with Gasteiger partial charge in [-0.25, -0.2) is 0 Å². The lowest BCUT2D eigenvalue weighted by molar-refractivity contribution is -0.122. The van der Waals surface area contributed by atoms with Crippen LogP contribution < -0.4 is 5.32 Å². The van der Waals surface area contributed by atoms with Crippen molar-refractivity contribution in [3.63, 3.8) is 0 Å². The third kappa shape index (κ3) is 5.81. The first-order valence-electron chi connectivity index (χ1n) is 5.88. The first-order chi connectivity index (χ1) is 8.26. The van der Waals surface area contributed by atoms with Crippen LogP contribution in [0.15, 0.2) is 17.5 Å². The second-order valence-corrected chi connectivity index (χ2v) is 4.80. The number of aliphatic hydroxyl groups excluding tert-OH is 1. The monoisotopic (exact) mass is 256 g/mol. The van der Waals surface area contributed by atoms with E-state index in [0.29, 0.717) is 19.6 Å². The van der Waals surface area contributed by atoms with Crippen molar-refractivity contribution < 1.29 is 9.90 Å². The molecule has 4 nitrogen and oxygen atoms in total. The minimum atomic E-state index is 0.0249. The molecule has 96 valence electrons. The average molecular weight is 256 g/mol. The van der Waals surface area contributed by atoms with Gasteiger partial charge in [0.05, 0.1) is 13.2 Å². The molecule has 0 aliphatic heterocycles. The molecule has 0 atom stereocenters. The van der Waals surface area contributed by atoms with Gasteiger partial charge in [0.1, 0.15) is 0 Å². The molecule has 0 spiro atoms. The maximum Gasteiger partial charge on any atom is 0.234 e. The summed E-state index contributed by atoms with van der Waals surface area (Å²) in [4.78, 5) is 14.8. The molecule has 2 N–H and O–H groups in total. The van der Waals surface area contributed by atoms with Gasteiger partial charge >= 0.3 is 0 Å². The van der Waals surface area contributed by atoms with Crippen LogP contribution in [0.5, 0.6) is 0 Å². The molecule has 0 saturated carbocycles. The summed E-state index contributed by atoms with van der Waals surface area (Å²) in [7, 11) is 0. The van der Waals surface area contributed by atoms with E-state index in [0.717, 1.165) is 13.0 Å². The van der Waals surface area contributed by atoms with Gasteiger partial charge in [-0.3, -0.25) is 9.69 Å². The number of amides is 1. The Kier molecular flexibility index (Phi) is 6.84. The van der Waals surface area contributed by atoms with Crippen molar-refractivity contribution in [3.8, 4) is 0 Å². The van der Waals surface area contributed by atoms with Crippen LogP contribution >= 0.6 is 11.3 Å². The smallest absolute Gasteiger partial charge is 0.234 e. The average Bonchev–Trinajstić information content (AvgIpc) is 2.81. The lowest BCUT2D eigenvalue weighted by atomic mass is 10.3. The molecule has 17 heavy (non-hydrogen) atoms. The third-order valence-electron chi connectivity index (χ3n) is 2.50. The Morgan fingerprint density at radius 3 is 3.00 bits per heavy atom. The first kappa shape index (κ1) is 14.2.